The average Bonchev–Trinajstić information content (AvgIpc) is 3.36. The standard InChI is InChI=1S/C19H16N6OS/c26-18(17-10-27-11-20-17)21-13-7-5-12(6-8-13)16-9-25-19(23-16)22-14-3-1-2-4-15(14)24-25/h5-11H,1-4H2,(H,21,26). The molecule has 0 fully saturated rings. The number of imidazole rings is 1. The first-order valence-corrected chi connectivity index (χ1v) is 9.76. The van der Waals surface area contributed by atoms with Crippen LogP contribution in [0.1, 0.15) is 34.7 Å². The largest absolute Gasteiger partial charge is 0.321 e. The summed E-state index contributed by atoms with van der Waals surface area (Å²) >= 11 is 1.39. The lowest BCUT2D eigenvalue weighted by molar-refractivity contribution is 0.102. The lowest BCUT2D eigenvalue weighted by atomic mass is 10.0. The molecular weight excluding hydrogens is 360 g/mol. The predicted octanol–water partition coefficient (Wildman–Crippen LogP) is 3.38. The molecule has 5 rings (SSSR count). The number of nitrogens with zero attached hydrogens (tertiary/aromatic N) is 5. The third kappa shape index (κ3) is 3.08. The van der Waals surface area contributed by atoms with Gasteiger partial charge in [-0.2, -0.15) is 5.10 Å². The Hall–Kier alpha value is -3.13. The molecule has 27 heavy (non-hydrogen) atoms. The molecule has 0 atom stereocenters. The number of benzene rings is 1. The third-order valence-electron chi connectivity index (χ3n) is 4.65. The van der Waals surface area contributed by atoms with Crippen LogP contribution in [0, 0.1) is 0 Å². The number of aryl methyl sites for hydroxylation is 2. The van der Waals surface area contributed by atoms with E-state index in [1.807, 2.05) is 30.5 Å². The van der Waals surface area contributed by atoms with E-state index in [9.17, 15) is 4.79 Å². The maximum atomic E-state index is 12.1. The van der Waals surface area contributed by atoms with Gasteiger partial charge in [0.25, 0.3) is 11.7 Å². The van der Waals surface area contributed by atoms with Crippen molar-refractivity contribution in [1.29, 1.82) is 0 Å². The Balaban J connectivity index is 1.40. The van der Waals surface area contributed by atoms with Crippen molar-refractivity contribution in [3.8, 4) is 11.3 Å². The van der Waals surface area contributed by atoms with Gasteiger partial charge in [0.05, 0.1) is 28.8 Å². The summed E-state index contributed by atoms with van der Waals surface area (Å²) in [5.41, 5.74) is 6.70. The van der Waals surface area contributed by atoms with Gasteiger partial charge in [0.2, 0.25) is 0 Å². The quantitative estimate of drug-likeness (QED) is 0.592. The number of thiazole rings is 1. The van der Waals surface area contributed by atoms with Crippen LogP contribution in [-0.4, -0.2) is 30.5 Å². The molecule has 0 saturated heterocycles. The Bertz CT molecular complexity index is 1070. The molecule has 0 radical (unpaired) electrons. The van der Waals surface area contributed by atoms with Gasteiger partial charge in [-0.05, 0) is 37.8 Å². The van der Waals surface area contributed by atoms with E-state index >= 15 is 0 Å². The van der Waals surface area contributed by atoms with E-state index in [0.717, 1.165) is 35.5 Å². The molecule has 3 aromatic heterocycles. The maximum Gasteiger partial charge on any atom is 0.275 e. The van der Waals surface area contributed by atoms with Gasteiger partial charge in [-0.1, -0.05) is 12.1 Å². The summed E-state index contributed by atoms with van der Waals surface area (Å²) in [4.78, 5) is 25.4. The van der Waals surface area contributed by atoms with Gasteiger partial charge in [-0.25, -0.2) is 19.5 Å². The SMILES string of the molecule is O=C(Nc1ccc(-c2cn3nc4c(nc3n2)CCCC4)cc1)c1cscn1. The highest BCUT2D eigenvalue weighted by Crippen LogP contribution is 2.23. The highest BCUT2D eigenvalue weighted by molar-refractivity contribution is 7.07. The van der Waals surface area contributed by atoms with Crippen molar-refractivity contribution in [1.82, 2.24) is 24.6 Å². The molecule has 0 unspecified atom stereocenters. The maximum absolute atomic E-state index is 12.1. The average molecular weight is 376 g/mol. The summed E-state index contributed by atoms with van der Waals surface area (Å²) in [5, 5.41) is 9.24. The second-order valence-electron chi connectivity index (χ2n) is 6.49. The van der Waals surface area contributed by atoms with E-state index in [1.54, 1.807) is 15.4 Å². The van der Waals surface area contributed by atoms with Crippen molar-refractivity contribution >= 4 is 28.7 Å². The molecule has 1 amide bonds. The van der Waals surface area contributed by atoms with Crippen molar-refractivity contribution in [2.24, 2.45) is 0 Å². The molecule has 1 aromatic carbocycles. The molecule has 4 aromatic rings. The summed E-state index contributed by atoms with van der Waals surface area (Å²) in [7, 11) is 0. The summed E-state index contributed by atoms with van der Waals surface area (Å²) in [6.45, 7) is 0. The van der Waals surface area contributed by atoms with Crippen molar-refractivity contribution in [3.05, 3.63) is 58.4 Å². The van der Waals surface area contributed by atoms with Crippen LogP contribution in [-0.2, 0) is 12.8 Å². The zero-order valence-corrected chi connectivity index (χ0v) is 15.2. The number of carbonyl (C=O) groups is 1. The molecule has 134 valence electrons. The van der Waals surface area contributed by atoms with Gasteiger partial charge in [0.1, 0.15) is 5.69 Å². The highest BCUT2D eigenvalue weighted by atomic mass is 32.1. The van der Waals surface area contributed by atoms with Crippen molar-refractivity contribution in [3.63, 3.8) is 0 Å². The number of anilines is 1. The second kappa shape index (κ2) is 6.55. The number of nitrogens with one attached hydrogen (secondary N) is 1. The molecule has 3 heterocycles. The summed E-state index contributed by atoms with van der Waals surface area (Å²) < 4.78 is 1.76. The van der Waals surface area contributed by atoms with Gasteiger partial charge in [0, 0.05) is 16.6 Å². The molecular formula is C19H16N6OS. The fraction of sp³-hybridized carbons (Fsp3) is 0.211. The number of rotatable bonds is 3. The number of fused-ring (bicyclic) bond motifs is 2. The fourth-order valence-corrected chi connectivity index (χ4v) is 3.78. The molecule has 0 spiro atoms. The Morgan fingerprint density at radius 1 is 1.07 bits per heavy atom. The number of aromatic nitrogens is 5. The van der Waals surface area contributed by atoms with Crippen LogP contribution in [0.25, 0.3) is 17.0 Å². The number of carbonyl (C=O) groups excluding carboxylic acids is 1. The van der Waals surface area contributed by atoms with Crippen LogP contribution < -0.4 is 5.32 Å². The fourth-order valence-electron chi connectivity index (χ4n) is 3.25. The first-order valence-electron chi connectivity index (χ1n) is 8.81. The zero-order chi connectivity index (χ0) is 18.2. The van der Waals surface area contributed by atoms with E-state index in [-0.39, 0.29) is 5.91 Å². The lowest BCUT2D eigenvalue weighted by Gasteiger charge is -2.12. The summed E-state index contributed by atoms with van der Waals surface area (Å²) in [6.07, 6.45) is 6.20. The third-order valence-corrected chi connectivity index (χ3v) is 5.23. The van der Waals surface area contributed by atoms with Gasteiger partial charge in [-0.3, -0.25) is 4.79 Å². The minimum Gasteiger partial charge on any atom is -0.321 e. The van der Waals surface area contributed by atoms with E-state index < -0.39 is 0 Å². The normalized spacial score (nSPS) is 13.5. The molecule has 1 N–H and O–H groups in total. The minimum absolute atomic E-state index is 0.212. The topological polar surface area (TPSA) is 85.1 Å². The molecule has 0 saturated carbocycles. The van der Waals surface area contributed by atoms with Gasteiger partial charge in [-0.15, -0.1) is 11.3 Å². The monoisotopic (exact) mass is 376 g/mol. The minimum atomic E-state index is -0.212. The number of hydrogen-bond donors (Lipinski definition) is 1. The Kier molecular flexibility index (Phi) is 3.90. The van der Waals surface area contributed by atoms with Crippen molar-refractivity contribution in [2.75, 3.05) is 5.32 Å². The van der Waals surface area contributed by atoms with Crippen molar-refractivity contribution in [2.45, 2.75) is 25.7 Å². The lowest BCUT2D eigenvalue weighted by Crippen LogP contribution is -2.11. The van der Waals surface area contributed by atoms with Gasteiger partial charge < -0.3 is 5.32 Å². The van der Waals surface area contributed by atoms with Crippen LogP contribution in [0.2, 0.25) is 0 Å². The van der Waals surface area contributed by atoms with E-state index in [4.69, 9.17) is 0 Å². The second-order valence-corrected chi connectivity index (χ2v) is 7.21. The Morgan fingerprint density at radius 2 is 1.89 bits per heavy atom. The molecule has 7 nitrogen and oxygen atoms in total. The molecule has 0 bridgehead atoms. The molecule has 0 aliphatic heterocycles. The Labute approximate surface area is 159 Å². The van der Waals surface area contributed by atoms with Crippen LogP contribution in [0.5, 0.6) is 0 Å². The van der Waals surface area contributed by atoms with Gasteiger partial charge >= 0.3 is 0 Å². The smallest absolute Gasteiger partial charge is 0.275 e. The van der Waals surface area contributed by atoms with Crippen LogP contribution >= 0.6 is 11.3 Å². The zero-order valence-electron chi connectivity index (χ0n) is 14.4. The van der Waals surface area contributed by atoms with Gasteiger partial charge in [0.15, 0.2) is 0 Å². The first kappa shape index (κ1) is 16.1. The van der Waals surface area contributed by atoms with E-state index in [2.05, 4.69) is 25.4 Å². The van der Waals surface area contributed by atoms with E-state index in [0.29, 0.717) is 17.2 Å². The van der Waals surface area contributed by atoms with Crippen LogP contribution in [0.15, 0.2) is 41.4 Å². The summed E-state index contributed by atoms with van der Waals surface area (Å²) in [6, 6.07) is 7.57. The molecule has 8 heteroatoms. The van der Waals surface area contributed by atoms with Crippen LogP contribution in [0.4, 0.5) is 5.69 Å². The van der Waals surface area contributed by atoms with Crippen LogP contribution in [0.3, 0.4) is 0 Å². The van der Waals surface area contributed by atoms with Crippen molar-refractivity contribution < 1.29 is 4.79 Å². The summed E-state index contributed by atoms with van der Waals surface area (Å²) in [5.74, 6) is 0.419. The molecule has 1 aliphatic rings. The van der Waals surface area contributed by atoms with E-state index in [1.165, 1.54) is 24.2 Å². The number of hydrogen-bond acceptors (Lipinski definition) is 6. The molecule has 1 aliphatic carbocycles. The predicted molar refractivity (Wildman–Crippen MR) is 103 cm³/mol. The highest BCUT2D eigenvalue weighted by Gasteiger charge is 2.15. The number of amides is 1. The Morgan fingerprint density at radius 3 is 2.67 bits per heavy atom. The first-order chi connectivity index (χ1) is 13.3.